The second kappa shape index (κ2) is 6.67. The van der Waals surface area contributed by atoms with Gasteiger partial charge in [-0.15, -0.1) is 11.3 Å². The topological polar surface area (TPSA) is 115 Å². The first-order valence-electron chi connectivity index (χ1n) is 6.38. The average molecular weight is 325 g/mol. The number of carboxylic acids is 1. The fourth-order valence-electron chi connectivity index (χ4n) is 1.76. The molecule has 9 heteroatoms. The van der Waals surface area contributed by atoms with Crippen LogP contribution in [0.4, 0.5) is 0 Å². The Hall–Kier alpha value is -2.26. The van der Waals surface area contributed by atoms with Crippen molar-refractivity contribution in [2.45, 2.75) is 26.5 Å². The molecule has 0 aliphatic carbocycles. The second-order valence-electron chi connectivity index (χ2n) is 4.58. The Bertz CT molecular complexity index is 694. The van der Waals surface area contributed by atoms with Crippen LogP contribution in [0.2, 0.25) is 0 Å². The van der Waals surface area contributed by atoms with Crippen LogP contribution in [0, 0.1) is 6.92 Å². The summed E-state index contributed by atoms with van der Waals surface area (Å²) in [5.74, 6) is -1.01. The van der Waals surface area contributed by atoms with E-state index in [1.165, 1.54) is 13.2 Å². The number of nitrogens with zero attached hydrogens (tertiary/aromatic N) is 2. The van der Waals surface area contributed by atoms with Crippen molar-refractivity contribution in [1.82, 2.24) is 15.5 Å². The van der Waals surface area contributed by atoms with Crippen molar-refractivity contribution >= 4 is 23.2 Å². The van der Waals surface area contributed by atoms with Crippen molar-refractivity contribution in [3.05, 3.63) is 33.1 Å². The molecule has 8 nitrogen and oxygen atoms in total. The lowest BCUT2D eigenvalue weighted by molar-refractivity contribution is 0.0700. The number of hydrogen-bond donors (Lipinski definition) is 2. The lowest BCUT2D eigenvalue weighted by Gasteiger charge is -2.09. The Balaban J connectivity index is 2.07. The van der Waals surface area contributed by atoms with Gasteiger partial charge in [0.05, 0.1) is 11.7 Å². The van der Waals surface area contributed by atoms with Crippen LogP contribution >= 0.6 is 11.3 Å². The van der Waals surface area contributed by atoms with Crippen LogP contribution in [-0.4, -0.2) is 34.2 Å². The number of carboxylic acid groups (broad SMARTS) is 1. The van der Waals surface area contributed by atoms with Crippen molar-refractivity contribution in [2.75, 3.05) is 7.11 Å². The molecule has 0 saturated carbocycles. The molecule has 2 aromatic rings. The van der Waals surface area contributed by atoms with Gasteiger partial charge in [-0.05, 0) is 13.8 Å². The second-order valence-corrected chi connectivity index (χ2v) is 5.61. The molecule has 2 heterocycles. The molecule has 2 rings (SSSR count). The first kappa shape index (κ1) is 16.1. The van der Waals surface area contributed by atoms with Gasteiger partial charge in [0.25, 0.3) is 5.91 Å². The highest BCUT2D eigenvalue weighted by Gasteiger charge is 2.21. The number of nitrogens with one attached hydrogen (secondary N) is 1. The zero-order valence-electron chi connectivity index (χ0n) is 12.2. The minimum atomic E-state index is -1.03. The highest BCUT2D eigenvalue weighted by Crippen LogP contribution is 2.23. The highest BCUT2D eigenvalue weighted by molar-refractivity contribution is 7.13. The van der Waals surface area contributed by atoms with E-state index in [0.29, 0.717) is 16.5 Å². The summed E-state index contributed by atoms with van der Waals surface area (Å²) in [6, 6.07) is 1.05. The summed E-state index contributed by atoms with van der Waals surface area (Å²) in [6.07, 6.45) is 0. The SMILES string of the molecule is COCc1cc(C(=O)NC(C)c2nc(C)c(C(=O)O)s2)no1. The molecule has 0 spiro atoms. The Morgan fingerprint density at radius 2 is 2.27 bits per heavy atom. The van der Waals surface area contributed by atoms with Crippen molar-refractivity contribution < 1.29 is 24.0 Å². The number of aromatic carboxylic acids is 1. The maximum atomic E-state index is 12.1. The Labute approximate surface area is 130 Å². The summed E-state index contributed by atoms with van der Waals surface area (Å²) < 4.78 is 9.82. The quantitative estimate of drug-likeness (QED) is 0.831. The molecule has 0 saturated heterocycles. The molecule has 1 atom stereocenters. The molecule has 0 radical (unpaired) electrons. The van der Waals surface area contributed by atoms with Crippen molar-refractivity contribution in [2.24, 2.45) is 0 Å². The number of thiazole rings is 1. The van der Waals surface area contributed by atoms with Crippen LogP contribution in [-0.2, 0) is 11.3 Å². The van der Waals surface area contributed by atoms with Gasteiger partial charge in [0, 0.05) is 13.2 Å². The van der Waals surface area contributed by atoms with Crippen LogP contribution < -0.4 is 5.32 Å². The predicted molar refractivity (Wildman–Crippen MR) is 76.9 cm³/mol. The van der Waals surface area contributed by atoms with Crippen molar-refractivity contribution in [1.29, 1.82) is 0 Å². The van der Waals surface area contributed by atoms with Gasteiger partial charge in [-0.25, -0.2) is 9.78 Å². The normalized spacial score (nSPS) is 12.1. The number of methoxy groups -OCH3 is 1. The summed E-state index contributed by atoms with van der Waals surface area (Å²) in [7, 11) is 1.51. The van der Waals surface area contributed by atoms with E-state index >= 15 is 0 Å². The molecule has 0 aliphatic heterocycles. The summed E-state index contributed by atoms with van der Waals surface area (Å²) in [6.45, 7) is 3.56. The van der Waals surface area contributed by atoms with E-state index in [1.54, 1.807) is 13.8 Å². The van der Waals surface area contributed by atoms with Crippen LogP contribution in [0.5, 0.6) is 0 Å². The molecule has 1 unspecified atom stereocenters. The van der Waals surface area contributed by atoms with Gasteiger partial charge in [0.2, 0.25) is 0 Å². The molecular formula is C13H15N3O5S. The molecule has 0 aromatic carbocycles. The highest BCUT2D eigenvalue weighted by atomic mass is 32.1. The van der Waals surface area contributed by atoms with Crippen LogP contribution in [0.15, 0.2) is 10.6 Å². The molecule has 0 aliphatic rings. The van der Waals surface area contributed by atoms with E-state index < -0.39 is 17.9 Å². The average Bonchev–Trinajstić information content (AvgIpc) is 3.06. The van der Waals surface area contributed by atoms with Gasteiger partial charge in [-0.1, -0.05) is 5.16 Å². The van der Waals surface area contributed by atoms with Gasteiger partial charge < -0.3 is 19.7 Å². The summed E-state index contributed by atoms with van der Waals surface area (Å²) in [5.41, 5.74) is 0.558. The zero-order valence-corrected chi connectivity index (χ0v) is 13.1. The third-order valence-corrected chi connectivity index (χ3v) is 4.13. The number of rotatable bonds is 6. The Morgan fingerprint density at radius 3 is 2.86 bits per heavy atom. The lowest BCUT2D eigenvalue weighted by atomic mass is 10.3. The van der Waals surface area contributed by atoms with E-state index in [1.807, 2.05) is 0 Å². The van der Waals surface area contributed by atoms with Crippen molar-refractivity contribution in [3.8, 4) is 0 Å². The molecule has 2 N–H and O–H groups in total. The first-order valence-corrected chi connectivity index (χ1v) is 7.20. The van der Waals surface area contributed by atoms with Gasteiger partial charge >= 0.3 is 5.97 Å². The van der Waals surface area contributed by atoms with Crippen molar-refractivity contribution in [3.63, 3.8) is 0 Å². The van der Waals surface area contributed by atoms with Gasteiger partial charge in [-0.2, -0.15) is 0 Å². The van der Waals surface area contributed by atoms with Gasteiger partial charge in [0.1, 0.15) is 16.5 Å². The monoisotopic (exact) mass is 325 g/mol. The summed E-state index contributed by atoms with van der Waals surface area (Å²) in [4.78, 5) is 27.4. The van der Waals surface area contributed by atoms with Gasteiger partial charge in [-0.3, -0.25) is 4.79 Å². The molecular weight excluding hydrogens is 310 g/mol. The van der Waals surface area contributed by atoms with Crippen LogP contribution in [0.25, 0.3) is 0 Å². The third-order valence-electron chi connectivity index (χ3n) is 2.80. The minimum Gasteiger partial charge on any atom is -0.477 e. The van der Waals surface area contributed by atoms with E-state index in [9.17, 15) is 9.59 Å². The number of aromatic nitrogens is 2. The molecule has 0 bridgehead atoms. The summed E-state index contributed by atoms with van der Waals surface area (Å²) in [5, 5.41) is 15.9. The third kappa shape index (κ3) is 3.49. The van der Waals surface area contributed by atoms with E-state index in [2.05, 4.69) is 15.5 Å². The molecule has 0 fully saturated rings. The Morgan fingerprint density at radius 1 is 1.55 bits per heavy atom. The van der Waals surface area contributed by atoms with E-state index in [-0.39, 0.29) is 17.2 Å². The molecule has 22 heavy (non-hydrogen) atoms. The first-order chi connectivity index (χ1) is 10.4. The van der Waals surface area contributed by atoms with E-state index in [4.69, 9.17) is 14.4 Å². The standard InChI is InChI=1S/C13H15N3O5S/c1-6-10(13(18)19)22-12(15-6)7(2)14-11(17)9-4-8(5-20-3)21-16-9/h4,7H,5H2,1-3H3,(H,14,17)(H,18,19). The fraction of sp³-hybridized carbons (Fsp3) is 0.385. The number of carbonyl (C=O) groups excluding carboxylic acids is 1. The summed E-state index contributed by atoms with van der Waals surface area (Å²) >= 11 is 1.04. The Kier molecular flexibility index (Phi) is 4.88. The van der Waals surface area contributed by atoms with E-state index in [0.717, 1.165) is 11.3 Å². The fourth-order valence-corrected chi connectivity index (χ4v) is 2.67. The number of aryl methyl sites for hydroxylation is 1. The molecule has 2 aromatic heterocycles. The smallest absolute Gasteiger partial charge is 0.347 e. The maximum Gasteiger partial charge on any atom is 0.347 e. The lowest BCUT2D eigenvalue weighted by Crippen LogP contribution is -2.26. The zero-order chi connectivity index (χ0) is 16.3. The van der Waals surface area contributed by atoms with Crippen LogP contribution in [0.3, 0.4) is 0 Å². The predicted octanol–water partition coefficient (Wildman–Crippen LogP) is 1.78. The maximum absolute atomic E-state index is 12.1. The largest absolute Gasteiger partial charge is 0.477 e. The van der Waals surface area contributed by atoms with Crippen LogP contribution in [0.1, 0.15) is 49.6 Å². The minimum absolute atomic E-state index is 0.130. The number of ether oxygens (including phenoxy) is 1. The number of amides is 1. The molecule has 1 amide bonds. The molecule has 118 valence electrons. The van der Waals surface area contributed by atoms with Gasteiger partial charge in [0.15, 0.2) is 11.5 Å². The number of carbonyl (C=O) groups is 2. The number of hydrogen-bond acceptors (Lipinski definition) is 7.